The predicted octanol–water partition coefficient (Wildman–Crippen LogP) is 3.39. The summed E-state index contributed by atoms with van der Waals surface area (Å²) >= 11 is 0. The van der Waals surface area contributed by atoms with Crippen LogP contribution in [0.3, 0.4) is 0 Å². The molecule has 2 N–H and O–H groups in total. The molecule has 27 heavy (non-hydrogen) atoms. The maximum Gasteiger partial charge on any atom is 0.220 e. The lowest BCUT2D eigenvalue weighted by molar-refractivity contribution is -0.122. The smallest absolute Gasteiger partial charge is 0.220 e. The zero-order valence-electron chi connectivity index (χ0n) is 15.2. The number of fused-ring (bicyclic) bond motifs is 2. The van der Waals surface area contributed by atoms with E-state index < -0.39 is 0 Å². The quantitative estimate of drug-likeness (QED) is 0.729. The number of piperidine rings is 1. The molecule has 138 valence electrons. The number of rotatable bonds is 2. The minimum Gasteiger partial charge on any atom is -0.507 e. The number of pyridine rings is 1. The van der Waals surface area contributed by atoms with Crippen LogP contribution in [0, 0.1) is 6.92 Å². The van der Waals surface area contributed by atoms with Crippen molar-refractivity contribution < 1.29 is 14.3 Å². The van der Waals surface area contributed by atoms with E-state index in [1.54, 1.807) is 0 Å². The molecule has 1 fully saturated rings. The molecular formula is C21H21N3O3. The number of aryl methyl sites for hydroxylation is 2. The van der Waals surface area contributed by atoms with Gasteiger partial charge in [-0.1, -0.05) is 6.07 Å². The first kappa shape index (κ1) is 16.3. The van der Waals surface area contributed by atoms with E-state index in [0.29, 0.717) is 41.5 Å². The van der Waals surface area contributed by atoms with E-state index in [0.717, 1.165) is 42.4 Å². The summed E-state index contributed by atoms with van der Waals surface area (Å²) < 4.78 is 5.88. The Hall–Kier alpha value is -2.89. The van der Waals surface area contributed by atoms with Gasteiger partial charge in [0.2, 0.25) is 11.8 Å². The first-order valence-electron chi connectivity index (χ1n) is 9.49. The summed E-state index contributed by atoms with van der Waals surface area (Å²) in [5.74, 6) is 1.12. The fourth-order valence-corrected chi connectivity index (χ4v) is 4.28. The van der Waals surface area contributed by atoms with Crippen molar-refractivity contribution in [1.82, 2.24) is 15.3 Å². The Morgan fingerprint density at radius 1 is 1.22 bits per heavy atom. The number of carbonyl (C=O) groups is 1. The van der Waals surface area contributed by atoms with Crippen LogP contribution in [0.25, 0.3) is 22.5 Å². The molecule has 3 aromatic rings. The van der Waals surface area contributed by atoms with Crippen LogP contribution in [0.15, 0.2) is 22.6 Å². The van der Waals surface area contributed by atoms with Crippen LogP contribution in [0.2, 0.25) is 0 Å². The van der Waals surface area contributed by atoms with E-state index >= 15 is 0 Å². The molecule has 6 heteroatoms. The number of amides is 1. The number of hydrogen-bond donors (Lipinski definition) is 2. The van der Waals surface area contributed by atoms with Gasteiger partial charge in [-0.2, -0.15) is 4.98 Å². The molecule has 0 saturated carbocycles. The molecule has 0 unspecified atom stereocenters. The average molecular weight is 363 g/mol. The molecule has 1 saturated heterocycles. The number of hydrogen-bond acceptors (Lipinski definition) is 5. The molecule has 5 rings (SSSR count). The predicted molar refractivity (Wildman–Crippen MR) is 101 cm³/mol. The van der Waals surface area contributed by atoms with Crippen LogP contribution in [0.4, 0.5) is 0 Å². The van der Waals surface area contributed by atoms with Gasteiger partial charge >= 0.3 is 0 Å². The summed E-state index contributed by atoms with van der Waals surface area (Å²) in [6.07, 6.45) is 4.25. The monoisotopic (exact) mass is 363 g/mol. The number of phenolic OH excluding ortho intramolecular Hbond substituents is 1. The zero-order chi connectivity index (χ0) is 18.5. The molecule has 3 heterocycles. The highest BCUT2D eigenvalue weighted by atomic mass is 16.3. The summed E-state index contributed by atoms with van der Waals surface area (Å²) in [6, 6.07) is 5.91. The van der Waals surface area contributed by atoms with Crippen molar-refractivity contribution in [1.29, 1.82) is 0 Å². The highest BCUT2D eigenvalue weighted by Gasteiger charge is 2.25. The number of oxazole rings is 1. The lowest BCUT2D eigenvalue weighted by atomic mass is 9.97. The third kappa shape index (κ3) is 2.67. The average Bonchev–Trinajstić information content (AvgIpc) is 3.28. The lowest BCUT2D eigenvalue weighted by Gasteiger charge is -2.18. The Kier molecular flexibility index (Phi) is 3.67. The molecule has 6 nitrogen and oxygen atoms in total. The molecule has 1 aromatic carbocycles. The largest absolute Gasteiger partial charge is 0.507 e. The van der Waals surface area contributed by atoms with Crippen LogP contribution in [-0.2, 0) is 17.6 Å². The number of nitrogens with one attached hydrogen (secondary N) is 1. The van der Waals surface area contributed by atoms with E-state index in [9.17, 15) is 9.90 Å². The van der Waals surface area contributed by atoms with E-state index in [1.807, 2.05) is 19.1 Å². The first-order valence-corrected chi connectivity index (χ1v) is 9.49. The van der Waals surface area contributed by atoms with Crippen LogP contribution in [-0.4, -0.2) is 27.5 Å². The number of nitrogens with zero attached hydrogens (tertiary/aromatic N) is 2. The molecule has 1 aliphatic heterocycles. The Labute approximate surface area is 156 Å². The maximum atomic E-state index is 11.4. The van der Waals surface area contributed by atoms with Gasteiger partial charge in [0.15, 0.2) is 11.2 Å². The van der Waals surface area contributed by atoms with Gasteiger partial charge in [-0.25, -0.2) is 4.98 Å². The van der Waals surface area contributed by atoms with Crippen LogP contribution in [0.1, 0.15) is 47.8 Å². The summed E-state index contributed by atoms with van der Waals surface area (Å²) in [7, 11) is 0. The Morgan fingerprint density at radius 3 is 2.93 bits per heavy atom. The minimum atomic E-state index is 0.0744. The maximum absolute atomic E-state index is 11.4. The van der Waals surface area contributed by atoms with Crippen molar-refractivity contribution in [3.63, 3.8) is 0 Å². The SMILES string of the molecule is Cc1cc2c(c(O)c1-c1ccc3oc([C@@H]4CCC(=O)NC4)nc3n1)CCC2. The van der Waals surface area contributed by atoms with Gasteiger partial charge in [0.1, 0.15) is 5.75 Å². The van der Waals surface area contributed by atoms with E-state index in [1.165, 1.54) is 5.56 Å². The van der Waals surface area contributed by atoms with Gasteiger partial charge in [0.05, 0.1) is 11.6 Å². The molecule has 1 atom stereocenters. The van der Waals surface area contributed by atoms with Crippen molar-refractivity contribution >= 4 is 17.1 Å². The van der Waals surface area contributed by atoms with Crippen molar-refractivity contribution in [2.75, 3.05) is 6.54 Å². The number of phenols is 1. The lowest BCUT2D eigenvalue weighted by Crippen LogP contribution is -2.33. The zero-order valence-corrected chi connectivity index (χ0v) is 15.2. The molecule has 0 spiro atoms. The molecule has 0 radical (unpaired) electrons. The topological polar surface area (TPSA) is 88.3 Å². The van der Waals surface area contributed by atoms with Crippen molar-refractivity contribution in [2.45, 2.75) is 44.9 Å². The third-order valence-electron chi connectivity index (χ3n) is 5.71. The highest BCUT2D eigenvalue weighted by molar-refractivity contribution is 5.79. The Morgan fingerprint density at radius 2 is 2.11 bits per heavy atom. The van der Waals surface area contributed by atoms with Crippen molar-refractivity contribution in [3.8, 4) is 17.0 Å². The minimum absolute atomic E-state index is 0.0744. The van der Waals surface area contributed by atoms with Gasteiger partial charge in [0, 0.05) is 18.5 Å². The van der Waals surface area contributed by atoms with Gasteiger partial charge < -0.3 is 14.8 Å². The van der Waals surface area contributed by atoms with E-state index in [4.69, 9.17) is 4.42 Å². The molecule has 2 aromatic heterocycles. The van der Waals surface area contributed by atoms with Crippen LogP contribution >= 0.6 is 0 Å². The van der Waals surface area contributed by atoms with Gasteiger partial charge in [-0.3, -0.25) is 4.79 Å². The normalized spacial score (nSPS) is 19.3. The fourth-order valence-electron chi connectivity index (χ4n) is 4.28. The van der Waals surface area contributed by atoms with E-state index in [2.05, 4.69) is 21.4 Å². The van der Waals surface area contributed by atoms with Crippen LogP contribution < -0.4 is 5.32 Å². The molecule has 2 aliphatic rings. The summed E-state index contributed by atoms with van der Waals surface area (Å²) in [5.41, 5.74) is 5.99. The number of aromatic nitrogens is 2. The molecule has 1 aliphatic carbocycles. The second-order valence-electron chi connectivity index (χ2n) is 7.52. The summed E-state index contributed by atoms with van der Waals surface area (Å²) in [6.45, 7) is 2.56. The van der Waals surface area contributed by atoms with Crippen LogP contribution in [0.5, 0.6) is 5.75 Å². The Balaban J connectivity index is 1.55. The molecule has 1 amide bonds. The summed E-state index contributed by atoms with van der Waals surface area (Å²) in [5, 5.41) is 13.7. The number of aromatic hydroxyl groups is 1. The standard InChI is InChI=1S/C21H21N3O3/c1-11-9-12-3-2-4-14(12)19(26)18(11)15-6-7-16-20(23-15)24-21(27-16)13-5-8-17(25)22-10-13/h6-7,9,13,26H,2-5,8,10H2,1H3,(H,22,25)/t13-/m1/s1. The first-order chi connectivity index (χ1) is 13.1. The van der Waals surface area contributed by atoms with Gasteiger partial charge in [-0.05, 0) is 61.4 Å². The van der Waals surface area contributed by atoms with E-state index in [-0.39, 0.29) is 11.8 Å². The molecule has 0 bridgehead atoms. The Bertz CT molecular complexity index is 1060. The summed E-state index contributed by atoms with van der Waals surface area (Å²) in [4.78, 5) is 20.6. The fraction of sp³-hybridized carbons (Fsp3) is 0.381. The molecular weight excluding hydrogens is 342 g/mol. The van der Waals surface area contributed by atoms with Gasteiger partial charge in [0.25, 0.3) is 0 Å². The number of benzene rings is 1. The van der Waals surface area contributed by atoms with Crippen molar-refractivity contribution in [2.24, 2.45) is 0 Å². The second kappa shape index (κ2) is 6.08. The number of carbonyl (C=O) groups excluding carboxylic acids is 1. The second-order valence-corrected chi connectivity index (χ2v) is 7.52. The highest BCUT2D eigenvalue weighted by Crippen LogP contribution is 2.40. The van der Waals surface area contributed by atoms with Gasteiger partial charge in [-0.15, -0.1) is 0 Å². The van der Waals surface area contributed by atoms with Crippen molar-refractivity contribution in [3.05, 3.63) is 40.8 Å². The third-order valence-corrected chi connectivity index (χ3v) is 5.71.